The van der Waals surface area contributed by atoms with Crippen molar-refractivity contribution in [3.8, 4) is 17.4 Å². The maximum atomic E-state index is 12.1. The second-order valence-corrected chi connectivity index (χ2v) is 6.76. The lowest BCUT2D eigenvalue weighted by Gasteiger charge is -2.07. The Morgan fingerprint density at radius 1 is 1.26 bits per heavy atom. The lowest BCUT2D eigenvalue weighted by molar-refractivity contribution is -0.120. The number of aromatic hydroxyl groups is 1. The summed E-state index contributed by atoms with van der Waals surface area (Å²) in [5.74, 6) is 0.313. The molecule has 0 aliphatic heterocycles. The molecule has 1 heterocycles. The molecule has 0 fully saturated rings. The number of benzene rings is 2. The first-order valence-electron chi connectivity index (χ1n) is 8.10. The monoisotopic (exact) mass is 431 g/mol. The maximum absolute atomic E-state index is 12.1. The molecular weight excluding hydrogens is 414 g/mol. The fourth-order valence-electron chi connectivity index (χ4n) is 2.75. The van der Waals surface area contributed by atoms with Gasteiger partial charge in [-0.25, -0.2) is 0 Å². The zero-order valence-corrected chi connectivity index (χ0v) is 16.6. The summed E-state index contributed by atoms with van der Waals surface area (Å²) < 4.78 is 13.0. The molecule has 0 spiro atoms. The molecule has 27 heavy (non-hydrogen) atoms. The van der Waals surface area contributed by atoms with Crippen LogP contribution in [0.4, 0.5) is 5.69 Å². The predicted octanol–water partition coefficient (Wildman–Crippen LogP) is 4.65. The number of methoxy groups -OCH3 is 1. The van der Waals surface area contributed by atoms with Crippen LogP contribution in [0.5, 0.6) is 17.4 Å². The van der Waals surface area contributed by atoms with E-state index in [0.29, 0.717) is 16.9 Å². The number of fused-ring (bicyclic) bond motifs is 1. The quantitative estimate of drug-likeness (QED) is 0.595. The fourth-order valence-corrected chi connectivity index (χ4v) is 3.59. The first-order chi connectivity index (χ1) is 12.9. The van der Waals surface area contributed by atoms with Crippen LogP contribution < -0.4 is 9.47 Å². The summed E-state index contributed by atoms with van der Waals surface area (Å²) >= 11 is 3.49. The van der Waals surface area contributed by atoms with Gasteiger partial charge in [0, 0.05) is 16.9 Å². The highest BCUT2D eigenvalue weighted by Crippen LogP contribution is 2.41. The largest absolute Gasteiger partial charge is 0.493 e. The van der Waals surface area contributed by atoms with Crippen LogP contribution in [0.2, 0.25) is 0 Å². The zero-order valence-electron chi connectivity index (χ0n) is 15.1. The Bertz CT molecular complexity index is 1040. The number of aromatic nitrogens is 1. The molecule has 0 saturated carbocycles. The van der Waals surface area contributed by atoms with Crippen LogP contribution in [0, 0.1) is 6.92 Å². The van der Waals surface area contributed by atoms with E-state index < -0.39 is 5.91 Å². The van der Waals surface area contributed by atoms with E-state index in [0.717, 1.165) is 15.6 Å². The highest BCUT2D eigenvalue weighted by molar-refractivity contribution is 9.10. The third kappa shape index (κ3) is 3.80. The number of aryl methyl sites for hydroxylation is 2. The van der Waals surface area contributed by atoms with Gasteiger partial charge >= 0.3 is 5.91 Å². The summed E-state index contributed by atoms with van der Waals surface area (Å²) in [4.78, 5) is 12.1. The molecule has 1 amide bonds. The Hall–Kier alpha value is -2.87. The van der Waals surface area contributed by atoms with Gasteiger partial charge in [0.1, 0.15) is 0 Å². The van der Waals surface area contributed by atoms with E-state index in [1.807, 2.05) is 19.1 Å². The highest BCUT2D eigenvalue weighted by atomic mass is 79.9. The first-order valence-corrected chi connectivity index (χ1v) is 8.89. The van der Waals surface area contributed by atoms with Gasteiger partial charge < -0.3 is 19.1 Å². The molecule has 8 heteroatoms. The summed E-state index contributed by atoms with van der Waals surface area (Å²) in [6, 6.07) is 10.8. The van der Waals surface area contributed by atoms with E-state index in [-0.39, 0.29) is 18.2 Å². The van der Waals surface area contributed by atoms with Gasteiger partial charge in [0.05, 0.1) is 12.6 Å². The average Bonchev–Trinajstić information content (AvgIpc) is 2.88. The Labute approximate surface area is 164 Å². The molecule has 0 bridgehead atoms. The standard InChI is InChI=1S/C19H18BrN3O4/c1-11-8-12-17(19(25)23(2)18(12)13(20)9-11)22-21-16(24)10-27-15-7-5-4-6-14(15)26-3/h4-9,25H,10H2,1-3H3. The van der Waals surface area contributed by atoms with Crippen molar-refractivity contribution in [2.75, 3.05) is 13.7 Å². The minimum atomic E-state index is -0.580. The number of rotatable bonds is 5. The van der Waals surface area contributed by atoms with Crippen LogP contribution in [0.1, 0.15) is 5.56 Å². The van der Waals surface area contributed by atoms with E-state index in [1.54, 1.807) is 35.9 Å². The fraction of sp³-hybridized carbons (Fsp3) is 0.211. The van der Waals surface area contributed by atoms with Crippen molar-refractivity contribution in [2.24, 2.45) is 17.3 Å². The van der Waals surface area contributed by atoms with Crippen molar-refractivity contribution in [1.29, 1.82) is 0 Å². The smallest absolute Gasteiger partial charge is 0.302 e. The molecule has 1 aromatic heterocycles. The van der Waals surface area contributed by atoms with Crippen molar-refractivity contribution in [3.05, 3.63) is 46.4 Å². The minimum Gasteiger partial charge on any atom is -0.493 e. The number of ether oxygens (including phenoxy) is 2. The SMILES string of the molecule is COc1ccccc1OCC(=O)N=Nc1c(O)n(C)c2c(Br)cc(C)cc12. The van der Waals surface area contributed by atoms with Crippen LogP contribution in [0.25, 0.3) is 10.9 Å². The molecule has 3 rings (SSSR count). The number of halogens is 1. The van der Waals surface area contributed by atoms with Gasteiger partial charge in [-0.2, -0.15) is 0 Å². The molecule has 1 N–H and O–H groups in total. The number of carbonyl (C=O) groups is 1. The Kier molecular flexibility index (Phi) is 5.46. The number of para-hydroxylation sites is 2. The Morgan fingerprint density at radius 3 is 2.67 bits per heavy atom. The number of nitrogens with zero attached hydrogens (tertiary/aromatic N) is 3. The van der Waals surface area contributed by atoms with Crippen LogP contribution in [-0.4, -0.2) is 29.3 Å². The lowest BCUT2D eigenvalue weighted by atomic mass is 10.1. The maximum Gasteiger partial charge on any atom is 0.302 e. The summed E-state index contributed by atoms with van der Waals surface area (Å²) in [6.45, 7) is 1.64. The van der Waals surface area contributed by atoms with Crippen molar-refractivity contribution >= 4 is 38.4 Å². The zero-order chi connectivity index (χ0) is 19.6. The van der Waals surface area contributed by atoms with Gasteiger partial charge in [-0.15, -0.1) is 10.2 Å². The van der Waals surface area contributed by atoms with E-state index in [4.69, 9.17) is 9.47 Å². The third-order valence-corrected chi connectivity index (χ3v) is 4.61. The van der Waals surface area contributed by atoms with E-state index in [1.165, 1.54) is 7.11 Å². The number of hydrogen-bond donors (Lipinski definition) is 1. The molecule has 0 aliphatic rings. The summed E-state index contributed by atoms with van der Waals surface area (Å²) in [6.07, 6.45) is 0. The van der Waals surface area contributed by atoms with Gasteiger partial charge in [0.15, 0.2) is 23.8 Å². The van der Waals surface area contributed by atoms with Crippen molar-refractivity contribution < 1.29 is 19.4 Å². The molecule has 0 saturated heterocycles. The van der Waals surface area contributed by atoms with Gasteiger partial charge in [-0.05, 0) is 52.7 Å². The molecule has 140 valence electrons. The Morgan fingerprint density at radius 2 is 1.96 bits per heavy atom. The van der Waals surface area contributed by atoms with Crippen LogP contribution in [0.3, 0.4) is 0 Å². The van der Waals surface area contributed by atoms with Gasteiger partial charge in [0.2, 0.25) is 5.88 Å². The van der Waals surface area contributed by atoms with Crippen LogP contribution in [0.15, 0.2) is 51.1 Å². The van der Waals surface area contributed by atoms with Crippen molar-refractivity contribution in [2.45, 2.75) is 6.92 Å². The molecule has 7 nitrogen and oxygen atoms in total. The summed E-state index contributed by atoms with van der Waals surface area (Å²) in [5.41, 5.74) is 1.99. The molecular formula is C19H18BrN3O4. The Balaban J connectivity index is 1.82. The molecule has 0 atom stereocenters. The molecule has 3 aromatic rings. The van der Waals surface area contributed by atoms with Crippen molar-refractivity contribution in [1.82, 2.24) is 4.57 Å². The normalized spacial score (nSPS) is 11.3. The van der Waals surface area contributed by atoms with E-state index in [2.05, 4.69) is 26.2 Å². The lowest BCUT2D eigenvalue weighted by Crippen LogP contribution is -2.08. The molecule has 0 radical (unpaired) electrons. The molecule has 0 aliphatic carbocycles. The van der Waals surface area contributed by atoms with Gasteiger partial charge in [-0.3, -0.25) is 4.79 Å². The number of azo groups is 1. The second kappa shape index (κ2) is 7.79. The van der Waals surface area contributed by atoms with Gasteiger partial charge in [0.25, 0.3) is 0 Å². The average molecular weight is 432 g/mol. The number of amides is 1. The first kappa shape index (κ1) is 18.9. The highest BCUT2D eigenvalue weighted by Gasteiger charge is 2.17. The number of carbonyl (C=O) groups excluding carboxylic acids is 1. The van der Waals surface area contributed by atoms with Gasteiger partial charge in [-0.1, -0.05) is 12.1 Å². The topological polar surface area (TPSA) is 85.4 Å². The summed E-state index contributed by atoms with van der Waals surface area (Å²) in [7, 11) is 3.23. The number of hydrogen-bond acceptors (Lipinski definition) is 5. The third-order valence-electron chi connectivity index (χ3n) is 4.01. The second-order valence-electron chi connectivity index (χ2n) is 5.91. The van der Waals surface area contributed by atoms with Crippen molar-refractivity contribution in [3.63, 3.8) is 0 Å². The molecule has 0 unspecified atom stereocenters. The minimum absolute atomic E-state index is 0.0708. The van der Waals surface area contributed by atoms with E-state index in [9.17, 15) is 9.90 Å². The van der Waals surface area contributed by atoms with Crippen LogP contribution in [-0.2, 0) is 11.8 Å². The summed E-state index contributed by atoms with van der Waals surface area (Å²) in [5, 5.41) is 18.7. The van der Waals surface area contributed by atoms with Crippen LogP contribution >= 0.6 is 15.9 Å². The molecule has 2 aromatic carbocycles. The predicted molar refractivity (Wildman–Crippen MR) is 105 cm³/mol. The van der Waals surface area contributed by atoms with E-state index >= 15 is 0 Å².